The first-order chi connectivity index (χ1) is 9.79. The average Bonchev–Trinajstić information content (AvgIpc) is 2.46. The lowest BCUT2D eigenvalue weighted by molar-refractivity contribution is -0.185. The maximum atomic E-state index is 12.6. The summed E-state index contributed by atoms with van der Waals surface area (Å²) >= 11 is 0. The molecule has 1 amide bonds. The van der Waals surface area contributed by atoms with E-state index in [4.69, 9.17) is 0 Å². The Kier molecular flexibility index (Phi) is 5.17. The minimum Gasteiger partial charge on any atom is -0.393 e. The van der Waals surface area contributed by atoms with Crippen LogP contribution in [0.4, 0.5) is 13.2 Å². The van der Waals surface area contributed by atoms with Gasteiger partial charge in [-0.1, -0.05) is 0 Å². The lowest BCUT2D eigenvalue weighted by Gasteiger charge is -2.37. The van der Waals surface area contributed by atoms with Crippen molar-refractivity contribution in [1.29, 1.82) is 0 Å². The Morgan fingerprint density at radius 3 is 2.05 bits per heavy atom. The van der Waals surface area contributed by atoms with Gasteiger partial charge in [0.1, 0.15) is 0 Å². The maximum absolute atomic E-state index is 12.6. The molecule has 1 aliphatic heterocycles. The first-order valence-corrected chi connectivity index (χ1v) is 7.82. The molecule has 0 aromatic rings. The summed E-state index contributed by atoms with van der Waals surface area (Å²) in [7, 11) is 0. The largest absolute Gasteiger partial charge is 0.393 e. The number of piperidine rings is 1. The van der Waals surface area contributed by atoms with E-state index in [9.17, 15) is 23.1 Å². The third-order valence-electron chi connectivity index (χ3n) is 5.07. The van der Waals surface area contributed by atoms with E-state index in [0.29, 0.717) is 25.9 Å². The van der Waals surface area contributed by atoms with Gasteiger partial charge in [0.15, 0.2) is 0 Å². The van der Waals surface area contributed by atoms with Gasteiger partial charge in [-0.15, -0.1) is 0 Å². The Morgan fingerprint density at radius 1 is 1.10 bits per heavy atom. The average molecular weight is 307 g/mol. The van der Waals surface area contributed by atoms with Gasteiger partial charge in [0, 0.05) is 19.0 Å². The molecule has 0 radical (unpaired) electrons. The van der Waals surface area contributed by atoms with Crippen molar-refractivity contribution in [2.24, 2.45) is 17.8 Å². The number of carbonyl (C=O) groups excluding carboxylic acids is 1. The molecule has 0 bridgehead atoms. The van der Waals surface area contributed by atoms with Gasteiger partial charge in [-0.3, -0.25) is 4.79 Å². The molecule has 1 atom stereocenters. The third kappa shape index (κ3) is 4.11. The highest BCUT2D eigenvalue weighted by Gasteiger charge is 2.43. The van der Waals surface area contributed by atoms with Crippen molar-refractivity contribution in [3.05, 3.63) is 0 Å². The standard InChI is InChI=1S/C15H24F3NO2/c1-10(20)11-6-8-19(9-7-11)14(21)12-2-4-13(5-3-12)15(16,17)18/h10-13,20H,2-9H2,1H3. The smallest absolute Gasteiger partial charge is 0.391 e. The molecule has 0 spiro atoms. The molecule has 0 aromatic heterocycles. The van der Waals surface area contributed by atoms with Crippen LogP contribution in [0.15, 0.2) is 0 Å². The molecular formula is C15H24F3NO2. The fraction of sp³-hybridized carbons (Fsp3) is 0.933. The molecule has 2 aliphatic rings. The minimum atomic E-state index is -4.12. The highest BCUT2D eigenvalue weighted by atomic mass is 19.4. The Labute approximate surface area is 123 Å². The molecule has 0 aromatic carbocycles. The van der Waals surface area contributed by atoms with Gasteiger partial charge in [-0.2, -0.15) is 13.2 Å². The number of likely N-dealkylation sites (tertiary alicyclic amines) is 1. The summed E-state index contributed by atoms with van der Waals surface area (Å²) in [6, 6.07) is 0. The number of aliphatic hydroxyl groups is 1. The third-order valence-corrected chi connectivity index (χ3v) is 5.07. The zero-order valence-corrected chi connectivity index (χ0v) is 12.4. The molecule has 3 nitrogen and oxygen atoms in total. The molecule has 2 rings (SSSR count). The fourth-order valence-electron chi connectivity index (χ4n) is 3.53. The molecule has 1 saturated carbocycles. The number of hydrogen-bond acceptors (Lipinski definition) is 2. The zero-order valence-electron chi connectivity index (χ0n) is 12.4. The van der Waals surface area contributed by atoms with Gasteiger partial charge < -0.3 is 10.0 Å². The van der Waals surface area contributed by atoms with Crippen LogP contribution in [0.1, 0.15) is 45.4 Å². The van der Waals surface area contributed by atoms with Gasteiger partial charge in [0.25, 0.3) is 0 Å². The minimum absolute atomic E-state index is 0.0136. The van der Waals surface area contributed by atoms with Crippen LogP contribution in [0.25, 0.3) is 0 Å². The second-order valence-electron chi connectivity index (χ2n) is 6.49. The van der Waals surface area contributed by atoms with Gasteiger partial charge in [0.2, 0.25) is 5.91 Å². The lowest BCUT2D eigenvalue weighted by Crippen LogP contribution is -2.44. The second kappa shape index (κ2) is 6.55. The van der Waals surface area contributed by atoms with Crippen molar-refractivity contribution in [1.82, 2.24) is 4.90 Å². The number of nitrogens with zero attached hydrogens (tertiary/aromatic N) is 1. The first-order valence-electron chi connectivity index (χ1n) is 7.82. The Hall–Kier alpha value is -0.780. The van der Waals surface area contributed by atoms with Crippen LogP contribution < -0.4 is 0 Å². The van der Waals surface area contributed by atoms with Gasteiger partial charge in [-0.05, 0) is 51.4 Å². The number of rotatable bonds is 2. The molecule has 1 heterocycles. The Morgan fingerprint density at radius 2 is 1.62 bits per heavy atom. The Balaban J connectivity index is 1.80. The van der Waals surface area contributed by atoms with Crippen LogP contribution in [0.2, 0.25) is 0 Å². The first kappa shape index (κ1) is 16.6. The Bertz CT molecular complexity index is 354. The molecule has 122 valence electrons. The molecule has 6 heteroatoms. The number of alkyl halides is 3. The molecule has 21 heavy (non-hydrogen) atoms. The highest BCUT2D eigenvalue weighted by Crippen LogP contribution is 2.40. The summed E-state index contributed by atoms with van der Waals surface area (Å²) < 4.78 is 37.9. The van der Waals surface area contributed by atoms with Crippen molar-refractivity contribution in [3.63, 3.8) is 0 Å². The summed E-state index contributed by atoms with van der Waals surface area (Å²) in [4.78, 5) is 14.1. The maximum Gasteiger partial charge on any atom is 0.391 e. The second-order valence-corrected chi connectivity index (χ2v) is 6.49. The monoisotopic (exact) mass is 307 g/mol. The molecule has 1 aliphatic carbocycles. The number of carbonyl (C=O) groups is 1. The van der Waals surface area contributed by atoms with Crippen molar-refractivity contribution >= 4 is 5.91 Å². The van der Waals surface area contributed by atoms with Crippen molar-refractivity contribution in [2.75, 3.05) is 13.1 Å². The van der Waals surface area contributed by atoms with E-state index in [1.54, 1.807) is 11.8 Å². The summed E-state index contributed by atoms with van der Waals surface area (Å²) in [5.74, 6) is -1.23. The number of amides is 1. The summed E-state index contributed by atoms with van der Waals surface area (Å²) in [5.41, 5.74) is 0. The number of aliphatic hydroxyl groups excluding tert-OH is 1. The topological polar surface area (TPSA) is 40.5 Å². The molecule has 2 fully saturated rings. The van der Waals surface area contributed by atoms with Gasteiger partial charge in [0.05, 0.1) is 12.0 Å². The predicted molar refractivity (Wildman–Crippen MR) is 72.5 cm³/mol. The van der Waals surface area contributed by atoms with Crippen LogP contribution in [-0.4, -0.2) is 41.3 Å². The van der Waals surface area contributed by atoms with Crippen molar-refractivity contribution < 1.29 is 23.1 Å². The normalized spacial score (nSPS) is 30.2. The van der Waals surface area contributed by atoms with Crippen LogP contribution >= 0.6 is 0 Å². The molecule has 1 N–H and O–H groups in total. The number of hydrogen-bond donors (Lipinski definition) is 1. The van der Waals surface area contributed by atoms with Crippen molar-refractivity contribution in [2.45, 2.75) is 57.7 Å². The highest BCUT2D eigenvalue weighted by molar-refractivity contribution is 5.79. The van der Waals surface area contributed by atoms with Crippen LogP contribution in [-0.2, 0) is 4.79 Å². The summed E-state index contributed by atoms with van der Waals surface area (Å²) in [6.07, 6.45) is -2.08. The van der Waals surface area contributed by atoms with Crippen molar-refractivity contribution in [3.8, 4) is 0 Å². The van der Waals surface area contributed by atoms with E-state index in [-0.39, 0.29) is 36.7 Å². The van der Waals surface area contributed by atoms with Crippen LogP contribution in [0, 0.1) is 17.8 Å². The van der Waals surface area contributed by atoms with E-state index in [2.05, 4.69) is 0 Å². The van der Waals surface area contributed by atoms with E-state index < -0.39 is 12.1 Å². The molecule has 1 saturated heterocycles. The van der Waals surface area contributed by atoms with E-state index in [1.165, 1.54) is 0 Å². The SMILES string of the molecule is CC(O)C1CCN(C(=O)C2CCC(C(F)(F)F)CC2)CC1. The number of halogens is 3. The van der Waals surface area contributed by atoms with Gasteiger partial charge >= 0.3 is 6.18 Å². The molecule has 1 unspecified atom stereocenters. The van der Waals surface area contributed by atoms with E-state index >= 15 is 0 Å². The van der Waals surface area contributed by atoms with E-state index in [0.717, 1.165) is 12.8 Å². The van der Waals surface area contributed by atoms with Gasteiger partial charge in [-0.25, -0.2) is 0 Å². The summed E-state index contributed by atoms with van der Waals surface area (Å²) in [6.45, 7) is 3.00. The van der Waals surface area contributed by atoms with Crippen LogP contribution in [0.3, 0.4) is 0 Å². The predicted octanol–water partition coefficient (Wildman–Crippen LogP) is 2.97. The quantitative estimate of drug-likeness (QED) is 0.852. The molecular weight excluding hydrogens is 283 g/mol. The van der Waals surface area contributed by atoms with Crippen LogP contribution in [0.5, 0.6) is 0 Å². The summed E-state index contributed by atoms with van der Waals surface area (Å²) in [5, 5.41) is 9.55. The fourth-order valence-corrected chi connectivity index (χ4v) is 3.53. The zero-order chi connectivity index (χ0) is 15.6. The lowest BCUT2D eigenvalue weighted by atomic mass is 9.80. The van der Waals surface area contributed by atoms with E-state index in [1.807, 2.05) is 0 Å².